The fraction of sp³-hybridized carbons (Fsp3) is 0.864. The minimum Gasteiger partial charge on any atom is -0.379 e. The van der Waals surface area contributed by atoms with E-state index in [1.165, 1.54) is 12.8 Å². The van der Waals surface area contributed by atoms with E-state index in [1.807, 2.05) is 0 Å². The normalized spacial score (nSPS) is 17.0. The van der Waals surface area contributed by atoms with Crippen LogP contribution in [0.15, 0.2) is 9.52 Å². The Morgan fingerprint density at radius 3 is 2.47 bits per heavy atom. The molecule has 0 bridgehead atoms. The first-order valence-electron chi connectivity index (χ1n) is 11.7. The SMILES string of the molecule is CCNC(=NCC(C(CC)CC)N1CCOCC1)NCCCc1nc(C(C)C)no1. The third-order valence-electron chi connectivity index (χ3n) is 5.75. The van der Waals surface area contributed by atoms with Crippen molar-refractivity contribution < 1.29 is 9.26 Å². The number of nitrogens with zero attached hydrogens (tertiary/aromatic N) is 4. The average Bonchev–Trinajstić information content (AvgIpc) is 3.24. The van der Waals surface area contributed by atoms with E-state index >= 15 is 0 Å². The van der Waals surface area contributed by atoms with Gasteiger partial charge in [-0.1, -0.05) is 45.7 Å². The van der Waals surface area contributed by atoms with Gasteiger partial charge in [-0.2, -0.15) is 4.98 Å². The molecule has 1 atom stereocenters. The quantitative estimate of drug-likeness (QED) is 0.304. The first-order chi connectivity index (χ1) is 14.6. The summed E-state index contributed by atoms with van der Waals surface area (Å²) in [6, 6.07) is 0.465. The zero-order valence-corrected chi connectivity index (χ0v) is 19.6. The molecule has 2 heterocycles. The Hall–Kier alpha value is -1.67. The third-order valence-corrected chi connectivity index (χ3v) is 5.75. The van der Waals surface area contributed by atoms with Crippen molar-refractivity contribution in [3.8, 4) is 0 Å². The van der Waals surface area contributed by atoms with E-state index in [-0.39, 0.29) is 0 Å². The maximum Gasteiger partial charge on any atom is 0.226 e. The highest BCUT2D eigenvalue weighted by Crippen LogP contribution is 2.20. The van der Waals surface area contributed by atoms with Crippen LogP contribution in [0.3, 0.4) is 0 Å². The van der Waals surface area contributed by atoms with Crippen LogP contribution in [-0.4, -0.2) is 73.0 Å². The fourth-order valence-corrected chi connectivity index (χ4v) is 3.88. The van der Waals surface area contributed by atoms with Gasteiger partial charge in [-0.3, -0.25) is 9.89 Å². The number of ether oxygens (including phenoxy) is 1. The molecule has 1 aliphatic rings. The number of aromatic nitrogens is 2. The standard InChI is InChI=1S/C22H42N6O2/c1-6-18(7-2)19(28-12-14-29-15-13-28)16-25-22(23-8-3)24-11-9-10-20-26-21(17(4)5)27-30-20/h17-19H,6-16H2,1-5H3,(H2,23,24,25). The molecule has 0 saturated carbocycles. The van der Waals surface area contributed by atoms with Gasteiger partial charge >= 0.3 is 0 Å². The Bertz CT molecular complexity index is 609. The zero-order chi connectivity index (χ0) is 21.8. The Morgan fingerprint density at radius 1 is 1.13 bits per heavy atom. The zero-order valence-electron chi connectivity index (χ0n) is 19.6. The van der Waals surface area contributed by atoms with E-state index in [0.29, 0.717) is 23.8 Å². The Morgan fingerprint density at radius 2 is 1.87 bits per heavy atom. The minimum atomic E-state index is 0.294. The molecule has 1 aromatic rings. The first kappa shape index (κ1) is 24.6. The van der Waals surface area contributed by atoms with Crippen LogP contribution in [0.5, 0.6) is 0 Å². The fourth-order valence-electron chi connectivity index (χ4n) is 3.88. The molecule has 30 heavy (non-hydrogen) atoms. The van der Waals surface area contributed by atoms with Gasteiger partial charge in [-0.05, 0) is 19.3 Å². The second-order valence-electron chi connectivity index (χ2n) is 8.24. The summed E-state index contributed by atoms with van der Waals surface area (Å²) in [6.07, 6.45) is 4.06. The third kappa shape index (κ3) is 7.87. The number of hydrogen-bond donors (Lipinski definition) is 2. The lowest BCUT2D eigenvalue weighted by molar-refractivity contribution is 0.00395. The van der Waals surface area contributed by atoms with Gasteiger partial charge in [0, 0.05) is 44.6 Å². The molecular formula is C22H42N6O2. The number of nitrogens with one attached hydrogen (secondary N) is 2. The molecule has 1 fully saturated rings. The van der Waals surface area contributed by atoms with Gasteiger partial charge in [0.25, 0.3) is 0 Å². The summed E-state index contributed by atoms with van der Waals surface area (Å²) in [5.74, 6) is 3.33. The van der Waals surface area contributed by atoms with Gasteiger partial charge in [0.1, 0.15) is 0 Å². The smallest absolute Gasteiger partial charge is 0.226 e. The van der Waals surface area contributed by atoms with Gasteiger partial charge in [0.05, 0.1) is 19.8 Å². The van der Waals surface area contributed by atoms with Gasteiger partial charge in [-0.15, -0.1) is 0 Å². The molecule has 1 unspecified atom stereocenters. The molecule has 2 N–H and O–H groups in total. The van der Waals surface area contributed by atoms with Crippen LogP contribution in [0, 0.1) is 5.92 Å². The summed E-state index contributed by atoms with van der Waals surface area (Å²) >= 11 is 0. The predicted octanol–water partition coefficient (Wildman–Crippen LogP) is 2.82. The van der Waals surface area contributed by atoms with Crippen LogP contribution in [0.2, 0.25) is 0 Å². The minimum absolute atomic E-state index is 0.294. The van der Waals surface area contributed by atoms with E-state index in [4.69, 9.17) is 14.3 Å². The molecule has 8 nitrogen and oxygen atoms in total. The average molecular weight is 423 g/mol. The Kier molecular flexibility index (Phi) is 11.1. The number of guanidine groups is 1. The van der Waals surface area contributed by atoms with Crippen LogP contribution in [-0.2, 0) is 11.2 Å². The molecule has 0 amide bonds. The Balaban J connectivity index is 1.88. The summed E-state index contributed by atoms with van der Waals surface area (Å²) in [6.45, 7) is 17.0. The van der Waals surface area contributed by atoms with Gasteiger partial charge in [-0.25, -0.2) is 0 Å². The summed E-state index contributed by atoms with van der Waals surface area (Å²) in [4.78, 5) is 11.9. The van der Waals surface area contributed by atoms with E-state index in [2.05, 4.69) is 60.3 Å². The molecule has 1 saturated heterocycles. The summed E-state index contributed by atoms with van der Waals surface area (Å²) in [7, 11) is 0. The molecule has 0 aliphatic carbocycles. The second kappa shape index (κ2) is 13.6. The molecule has 0 aromatic carbocycles. The maximum absolute atomic E-state index is 5.56. The van der Waals surface area contributed by atoms with Crippen molar-refractivity contribution >= 4 is 5.96 Å². The van der Waals surface area contributed by atoms with E-state index in [9.17, 15) is 0 Å². The van der Waals surface area contributed by atoms with E-state index in [0.717, 1.165) is 70.6 Å². The van der Waals surface area contributed by atoms with Gasteiger partial charge in [0.2, 0.25) is 5.89 Å². The molecular weight excluding hydrogens is 380 g/mol. The van der Waals surface area contributed by atoms with Crippen molar-refractivity contribution in [3.05, 3.63) is 11.7 Å². The van der Waals surface area contributed by atoms with E-state index in [1.54, 1.807) is 0 Å². The van der Waals surface area contributed by atoms with Crippen LogP contribution in [0.25, 0.3) is 0 Å². The van der Waals surface area contributed by atoms with Crippen molar-refractivity contribution in [1.82, 2.24) is 25.7 Å². The van der Waals surface area contributed by atoms with E-state index < -0.39 is 0 Å². The molecule has 172 valence electrons. The van der Waals surface area contributed by atoms with Crippen molar-refractivity contribution in [2.24, 2.45) is 10.9 Å². The highest BCUT2D eigenvalue weighted by atomic mass is 16.5. The second-order valence-corrected chi connectivity index (χ2v) is 8.24. The van der Waals surface area contributed by atoms with Crippen molar-refractivity contribution in [1.29, 1.82) is 0 Å². The van der Waals surface area contributed by atoms with Crippen LogP contribution in [0.1, 0.15) is 71.5 Å². The lowest BCUT2D eigenvalue weighted by Gasteiger charge is -2.38. The molecule has 8 heteroatoms. The maximum atomic E-state index is 5.56. The number of hydrogen-bond acceptors (Lipinski definition) is 6. The lowest BCUT2D eigenvalue weighted by Crippen LogP contribution is -2.49. The van der Waals surface area contributed by atoms with Crippen LogP contribution in [0.4, 0.5) is 0 Å². The molecule has 1 aromatic heterocycles. The van der Waals surface area contributed by atoms with Crippen molar-refractivity contribution in [2.45, 2.75) is 72.3 Å². The number of morpholine rings is 1. The van der Waals surface area contributed by atoms with Crippen LogP contribution < -0.4 is 10.6 Å². The molecule has 2 rings (SSSR count). The highest BCUT2D eigenvalue weighted by molar-refractivity contribution is 5.79. The monoisotopic (exact) mass is 422 g/mol. The number of aliphatic imine (C=N–C) groups is 1. The van der Waals surface area contributed by atoms with Crippen molar-refractivity contribution in [2.75, 3.05) is 45.9 Å². The van der Waals surface area contributed by atoms with Crippen LogP contribution >= 0.6 is 0 Å². The largest absolute Gasteiger partial charge is 0.379 e. The first-order valence-corrected chi connectivity index (χ1v) is 11.7. The number of aryl methyl sites for hydroxylation is 1. The highest BCUT2D eigenvalue weighted by Gasteiger charge is 2.26. The molecule has 0 radical (unpaired) electrons. The Labute approximate surface area is 182 Å². The molecule has 0 spiro atoms. The van der Waals surface area contributed by atoms with Gasteiger partial charge < -0.3 is 19.9 Å². The number of rotatable bonds is 12. The topological polar surface area (TPSA) is 87.8 Å². The summed E-state index contributed by atoms with van der Waals surface area (Å²) < 4.78 is 10.9. The lowest BCUT2D eigenvalue weighted by atomic mass is 9.92. The summed E-state index contributed by atoms with van der Waals surface area (Å²) in [5, 5.41) is 10.9. The van der Waals surface area contributed by atoms with Crippen molar-refractivity contribution in [3.63, 3.8) is 0 Å². The molecule has 1 aliphatic heterocycles. The summed E-state index contributed by atoms with van der Waals surface area (Å²) in [5.41, 5.74) is 0. The van der Waals surface area contributed by atoms with Gasteiger partial charge in [0.15, 0.2) is 11.8 Å². The predicted molar refractivity (Wildman–Crippen MR) is 121 cm³/mol.